The third-order valence-electron chi connectivity index (χ3n) is 5.33. The molecule has 1 fully saturated rings. The van der Waals surface area contributed by atoms with Gasteiger partial charge in [-0.05, 0) is 49.4 Å². The van der Waals surface area contributed by atoms with Gasteiger partial charge in [0.05, 0.1) is 25.5 Å². The summed E-state index contributed by atoms with van der Waals surface area (Å²) < 4.78 is 17.5. The molecule has 152 valence electrons. The zero-order valence-electron chi connectivity index (χ0n) is 16.8. The second-order valence-corrected chi connectivity index (χ2v) is 7.15. The van der Waals surface area contributed by atoms with Gasteiger partial charge in [0.1, 0.15) is 5.75 Å². The lowest BCUT2D eigenvalue weighted by molar-refractivity contribution is -0.168. The van der Waals surface area contributed by atoms with E-state index in [9.17, 15) is 4.79 Å². The molecule has 2 aromatic rings. The van der Waals surface area contributed by atoms with Crippen molar-refractivity contribution < 1.29 is 19.0 Å². The average molecular weight is 394 g/mol. The van der Waals surface area contributed by atoms with Crippen LogP contribution in [0.5, 0.6) is 5.75 Å². The van der Waals surface area contributed by atoms with Crippen LogP contribution in [-0.2, 0) is 20.1 Å². The lowest BCUT2D eigenvalue weighted by atomic mass is 9.96. The summed E-state index contributed by atoms with van der Waals surface area (Å²) in [6, 6.07) is 13.6. The molecule has 1 amide bonds. The molecule has 4 rings (SSSR count). The smallest absolute Gasteiger partial charge is 0.258 e. The van der Waals surface area contributed by atoms with E-state index in [0.717, 1.165) is 28.1 Å². The van der Waals surface area contributed by atoms with Gasteiger partial charge in [-0.3, -0.25) is 4.79 Å². The fourth-order valence-electron chi connectivity index (χ4n) is 3.95. The summed E-state index contributed by atoms with van der Waals surface area (Å²) in [5.74, 6) is -0.0991. The number of anilines is 1. The minimum absolute atomic E-state index is 0.0416. The summed E-state index contributed by atoms with van der Waals surface area (Å²) in [7, 11) is 1.79. The van der Waals surface area contributed by atoms with E-state index in [4.69, 9.17) is 19.9 Å². The van der Waals surface area contributed by atoms with E-state index in [0.29, 0.717) is 38.4 Å². The van der Waals surface area contributed by atoms with Crippen LogP contribution in [0, 0.1) is 0 Å². The highest BCUT2D eigenvalue weighted by molar-refractivity contribution is 6.35. The Balaban J connectivity index is 1.77. The van der Waals surface area contributed by atoms with Gasteiger partial charge in [0.15, 0.2) is 5.79 Å². The molecule has 1 saturated heterocycles. The second kappa shape index (κ2) is 7.99. The van der Waals surface area contributed by atoms with Gasteiger partial charge in [-0.25, -0.2) is 0 Å². The molecule has 2 aliphatic rings. The molecule has 2 N–H and O–H groups in total. The molecule has 0 aliphatic carbocycles. The normalized spacial score (nSPS) is 19.1. The monoisotopic (exact) mass is 394 g/mol. The first kappa shape index (κ1) is 19.6. The van der Waals surface area contributed by atoms with Crippen molar-refractivity contribution in [3.05, 3.63) is 59.2 Å². The molecule has 6 nitrogen and oxygen atoms in total. The van der Waals surface area contributed by atoms with E-state index in [2.05, 4.69) is 0 Å². The molecule has 0 bridgehead atoms. The number of ether oxygens (including phenoxy) is 3. The van der Waals surface area contributed by atoms with E-state index in [1.54, 1.807) is 11.9 Å². The quantitative estimate of drug-likeness (QED) is 0.762. The van der Waals surface area contributed by atoms with Crippen LogP contribution in [0.1, 0.15) is 30.0 Å². The number of carbonyl (C=O) groups is 1. The van der Waals surface area contributed by atoms with E-state index < -0.39 is 5.79 Å². The minimum Gasteiger partial charge on any atom is -0.494 e. The fourth-order valence-corrected chi connectivity index (χ4v) is 3.95. The highest BCUT2D eigenvalue weighted by Gasteiger charge is 2.40. The Morgan fingerprint density at radius 3 is 2.72 bits per heavy atom. The average Bonchev–Trinajstić information content (AvgIpc) is 3.29. The minimum atomic E-state index is -0.839. The maximum atomic E-state index is 13.0. The number of hydrogen-bond acceptors (Lipinski definition) is 5. The standard InChI is InChI=1S/C23H26N2O4/c1-3-27-18-6-4-5-16(13-18)14-20-19-15-17(7-8-21(19)25(2)22(20)26)23(9-10-24)28-11-12-29-23/h4-8,13-15H,3,9-12,24H2,1-2H3/b20-14-. The molecule has 0 radical (unpaired) electrons. The maximum absolute atomic E-state index is 13.0. The molecular weight excluding hydrogens is 368 g/mol. The molecule has 0 atom stereocenters. The predicted octanol–water partition coefficient (Wildman–Crippen LogP) is 3.15. The summed E-state index contributed by atoms with van der Waals surface area (Å²) in [5, 5.41) is 0. The van der Waals surface area contributed by atoms with Gasteiger partial charge >= 0.3 is 0 Å². The number of nitrogens with zero attached hydrogens (tertiary/aromatic N) is 1. The lowest BCUT2D eigenvalue weighted by Crippen LogP contribution is -2.30. The Labute approximate surface area is 170 Å². The fraction of sp³-hybridized carbons (Fsp3) is 0.348. The largest absolute Gasteiger partial charge is 0.494 e. The number of benzene rings is 2. The molecular formula is C23H26N2O4. The van der Waals surface area contributed by atoms with Crippen molar-refractivity contribution >= 4 is 23.2 Å². The van der Waals surface area contributed by atoms with Crippen molar-refractivity contribution in [1.29, 1.82) is 0 Å². The van der Waals surface area contributed by atoms with Crippen LogP contribution in [0.15, 0.2) is 42.5 Å². The van der Waals surface area contributed by atoms with Crippen molar-refractivity contribution in [2.45, 2.75) is 19.1 Å². The first-order chi connectivity index (χ1) is 14.1. The SMILES string of the molecule is CCOc1cccc(/C=C2\C(=O)N(C)c3ccc(C4(CCN)OCCO4)cc32)c1. The highest BCUT2D eigenvalue weighted by Crippen LogP contribution is 2.42. The van der Waals surface area contributed by atoms with Gasteiger partial charge in [0.25, 0.3) is 5.91 Å². The summed E-state index contributed by atoms with van der Waals surface area (Å²) in [6.07, 6.45) is 2.47. The number of nitrogens with two attached hydrogens (primary N) is 1. The highest BCUT2D eigenvalue weighted by atomic mass is 16.7. The Kier molecular flexibility index (Phi) is 5.41. The van der Waals surface area contributed by atoms with E-state index in [1.807, 2.05) is 55.5 Å². The van der Waals surface area contributed by atoms with Gasteiger partial charge < -0.3 is 24.8 Å². The Morgan fingerprint density at radius 2 is 2.00 bits per heavy atom. The summed E-state index contributed by atoms with van der Waals surface area (Å²) >= 11 is 0. The number of likely N-dealkylation sites (N-methyl/N-ethyl adjacent to an activating group) is 1. The lowest BCUT2D eigenvalue weighted by Gasteiger charge is -2.28. The number of fused-ring (bicyclic) bond motifs is 1. The van der Waals surface area contributed by atoms with Crippen LogP contribution in [-0.4, -0.2) is 39.3 Å². The van der Waals surface area contributed by atoms with Gasteiger partial charge in [-0.15, -0.1) is 0 Å². The zero-order chi connectivity index (χ0) is 20.4. The topological polar surface area (TPSA) is 74.0 Å². The van der Waals surface area contributed by atoms with Crippen molar-refractivity contribution in [2.24, 2.45) is 5.73 Å². The predicted molar refractivity (Wildman–Crippen MR) is 113 cm³/mol. The first-order valence-corrected chi connectivity index (χ1v) is 9.93. The van der Waals surface area contributed by atoms with Crippen LogP contribution in [0.3, 0.4) is 0 Å². The van der Waals surface area contributed by atoms with Crippen LogP contribution in [0.4, 0.5) is 5.69 Å². The summed E-state index contributed by atoms with van der Waals surface area (Å²) in [4.78, 5) is 14.6. The zero-order valence-corrected chi connectivity index (χ0v) is 16.8. The second-order valence-electron chi connectivity index (χ2n) is 7.15. The van der Waals surface area contributed by atoms with E-state index in [1.165, 1.54) is 0 Å². The van der Waals surface area contributed by atoms with Crippen LogP contribution < -0.4 is 15.4 Å². The molecule has 0 aromatic heterocycles. The first-order valence-electron chi connectivity index (χ1n) is 9.93. The molecule has 0 spiro atoms. The van der Waals surface area contributed by atoms with Gasteiger partial charge in [0, 0.05) is 30.2 Å². The van der Waals surface area contributed by atoms with Crippen molar-refractivity contribution in [1.82, 2.24) is 0 Å². The molecule has 29 heavy (non-hydrogen) atoms. The summed E-state index contributed by atoms with van der Waals surface area (Å²) in [6.45, 7) is 4.05. The molecule has 2 heterocycles. The third-order valence-corrected chi connectivity index (χ3v) is 5.33. The Morgan fingerprint density at radius 1 is 1.21 bits per heavy atom. The number of carbonyl (C=O) groups excluding carboxylic acids is 1. The maximum Gasteiger partial charge on any atom is 0.258 e. The number of hydrogen-bond donors (Lipinski definition) is 1. The van der Waals surface area contributed by atoms with Crippen LogP contribution in [0.2, 0.25) is 0 Å². The van der Waals surface area contributed by atoms with Gasteiger partial charge in [-0.2, -0.15) is 0 Å². The van der Waals surface area contributed by atoms with Crippen molar-refractivity contribution in [2.75, 3.05) is 38.3 Å². The molecule has 6 heteroatoms. The molecule has 2 aromatic carbocycles. The number of rotatable bonds is 6. The van der Waals surface area contributed by atoms with Crippen molar-refractivity contribution in [3.8, 4) is 5.75 Å². The molecule has 2 aliphatic heterocycles. The van der Waals surface area contributed by atoms with Crippen LogP contribution in [0.25, 0.3) is 11.6 Å². The molecule has 0 saturated carbocycles. The Hall–Kier alpha value is -2.67. The number of amides is 1. The van der Waals surface area contributed by atoms with Crippen LogP contribution >= 0.6 is 0 Å². The van der Waals surface area contributed by atoms with E-state index in [-0.39, 0.29) is 5.91 Å². The van der Waals surface area contributed by atoms with Gasteiger partial charge in [0.2, 0.25) is 0 Å². The molecule has 0 unspecified atom stereocenters. The van der Waals surface area contributed by atoms with E-state index >= 15 is 0 Å². The Bertz CT molecular complexity index is 948. The summed E-state index contributed by atoms with van der Waals surface area (Å²) in [5.41, 5.74) is 9.98. The van der Waals surface area contributed by atoms with Crippen molar-refractivity contribution in [3.63, 3.8) is 0 Å². The van der Waals surface area contributed by atoms with Gasteiger partial charge in [-0.1, -0.05) is 18.2 Å². The third kappa shape index (κ3) is 3.55.